The molecular formula is C15H17FN8O. The summed E-state index contributed by atoms with van der Waals surface area (Å²) in [5, 5.41) is 20.4. The molecule has 0 aliphatic carbocycles. The molecule has 0 bridgehead atoms. The quantitative estimate of drug-likeness (QED) is 0.724. The number of aromatic nitrogens is 6. The van der Waals surface area contributed by atoms with Crippen LogP contribution >= 0.6 is 0 Å². The highest BCUT2D eigenvalue weighted by Crippen LogP contribution is 2.18. The summed E-state index contributed by atoms with van der Waals surface area (Å²) in [6, 6.07) is 5.70. The van der Waals surface area contributed by atoms with Crippen LogP contribution in [0.2, 0.25) is 0 Å². The third kappa shape index (κ3) is 3.79. The van der Waals surface area contributed by atoms with Gasteiger partial charge in [-0.3, -0.25) is 4.68 Å². The van der Waals surface area contributed by atoms with E-state index in [-0.39, 0.29) is 11.7 Å². The maximum absolute atomic E-state index is 14.0. The zero-order chi connectivity index (χ0) is 17.8. The average molecular weight is 344 g/mol. The largest absolute Gasteiger partial charge is 0.337 e. The topological polar surface area (TPSA) is 103 Å². The number of amides is 2. The molecule has 3 rings (SSSR count). The summed E-state index contributed by atoms with van der Waals surface area (Å²) in [7, 11) is 1.84. The fourth-order valence-electron chi connectivity index (χ4n) is 2.33. The van der Waals surface area contributed by atoms with E-state index in [0.29, 0.717) is 24.5 Å². The second-order valence-corrected chi connectivity index (χ2v) is 5.38. The Kier molecular flexibility index (Phi) is 4.68. The van der Waals surface area contributed by atoms with Gasteiger partial charge in [-0.05, 0) is 41.6 Å². The average Bonchev–Trinajstić information content (AvgIpc) is 3.18. The molecule has 1 aromatic carbocycles. The van der Waals surface area contributed by atoms with Gasteiger partial charge in [0.2, 0.25) is 0 Å². The van der Waals surface area contributed by atoms with Crippen molar-refractivity contribution < 1.29 is 9.18 Å². The summed E-state index contributed by atoms with van der Waals surface area (Å²) < 4.78 is 17.0. The van der Waals surface area contributed by atoms with E-state index >= 15 is 0 Å². The number of aryl methyl sites for hydroxylation is 2. The number of carbonyl (C=O) groups excluding carboxylic acids is 1. The predicted molar refractivity (Wildman–Crippen MR) is 87.8 cm³/mol. The first-order valence-electron chi connectivity index (χ1n) is 7.61. The number of carbonyl (C=O) groups is 1. The third-order valence-electron chi connectivity index (χ3n) is 3.65. The minimum Gasteiger partial charge on any atom is -0.337 e. The molecule has 2 aromatic heterocycles. The molecule has 0 saturated carbocycles. The maximum Gasteiger partial charge on any atom is 0.319 e. The number of tetrazole rings is 1. The maximum atomic E-state index is 14.0. The monoisotopic (exact) mass is 344 g/mol. The molecule has 0 fully saturated rings. The minimum absolute atomic E-state index is 0.162. The molecule has 2 heterocycles. The molecule has 2 amide bonds. The van der Waals surface area contributed by atoms with E-state index in [1.165, 1.54) is 22.9 Å². The second kappa shape index (κ2) is 7.07. The first kappa shape index (κ1) is 16.6. The zero-order valence-corrected chi connectivity index (χ0v) is 13.8. The number of benzene rings is 1. The van der Waals surface area contributed by atoms with Crippen LogP contribution in [0.4, 0.5) is 14.9 Å². The first-order chi connectivity index (χ1) is 12.0. The van der Waals surface area contributed by atoms with Gasteiger partial charge in [-0.1, -0.05) is 0 Å². The predicted octanol–water partition coefficient (Wildman–Crippen LogP) is 1.21. The SMILES string of the molecule is Cc1nnnn1-c1cc(NC(=O)NCCc2ccnn2C)ccc1F. The Bertz CT molecular complexity index is 887. The van der Waals surface area contributed by atoms with E-state index < -0.39 is 5.82 Å². The minimum atomic E-state index is -0.488. The Balaban J connectivity index is 1.62. The second-order valence-electron chi connectivity index (χ2n) is 5.38. The van der Waals surface area contributed by atoms with E-state index in [0.717, 1.165) is 5.69 Å². The number of anilines is 1. The van der Waals surface area contributed by atoms with Crippen LogP contribution in [-0.2, 0) is 13.5 Å². The van der Waals surface area contributed by atoms with Gasteiger partial charge in [-0.25, -0.2) is 9.18 Å². The normalized spacial score (nSPS) is 10.7. The Morgan fingerprint density at radius 1 is 1.32 bits per heavy atom. The summed E-state index contributed by atoms with van der Waals surface area (Å²) in [5.74, 6) is -0.0470. The summed E-state index contributed by atoms with van der Waals surface area (Å²) >= 11 is 0. The van der Waals surface area contributed by atoms with E-state index in [2.05, 4.69) is 31.3 Å². The van der Waals surface area contributed by atoms with Crippen molar-refractivity contribution in [3.63, 3.8) is 0 Å². The molecule has 0 aliphatic heterocycles. The molecule has 0 unspecified atom stereocenters. The van der Waals surface area contributed by atoms with E-state index in [1.807, 2.05) is 13.1 Å². The number of rotatable bonds is 5. The van der Waals surface area contributed by atoms with Gasteiger partial charge in [0.05, 0.1) is 0 Å². The van der Waals surface area contributed by atoms with Crippen molar-refractivity contribution in [2.45, 2.75) is 13.3 Å². The highest BCUT2D eigenvalue weighted by molar-refractivity contribution is 5.89. The number of hydrogen-bond acceptors (Lipinski definition) is 5. The lowest BCUT2D eigenvalue weighted by Gasteiger charge is -2.10. The lowest BCUT2D eigenvalue weighted by molar-refractivity contribution is 0.252. The fraction of sp³-hybridized carbons (Fsp3) is 0.267. The van der Waals surface area contributed by atoms with Gasteiger partial charge in [-0.2, -0.15) is 9.78 Å². The third-order valence-corrected chi connectivity index (χ3v) is 3.65. The molecule has 0 saturated heterocycles. The van der Waals surface area contributed by atoms with Crippen molar-refractivity contribution >= 4 is 11.7 Å². The smallest absolute Gasteiger partial charge is 0.319 e. The van der Waals surface area contributed by atoms with Crippen molar-refractivity contribution in [3.05, 3.63) is 47.8 Å². The summed E-state index contributed by atoms with van der Waals surface area (Å²) in [6.07, 6.45) is 2.36. The van der Waals surface area contributed by atoms with Crippen LogP contribution in [-0.4, -0.2) is 42.6 Å². The Morgan fingerprint density at radius 3 is 2.84 bits per heavy atom. The van der Waals surface area contributed by atoms with Gasteiger partial charge in [-0.15, -0.1) is 5.10 Å². The summed E-state index contributed by atoms with van der Waals surface area (Å²) in [4.78, 5) is 12.0. The van der Waals surface area contributed by atoms with E-state index in [9.17, 15) is 9.18 Å². The molecule has 0 aliphatic rings. The van der Waals surface area contributed by atoms with E-state index in [1.54, 1.807) is 17.8 Å². The van der Waals surface area contributed by atoms with Crippen LogP contribution in [0.1, 0.15) is 11.5 Å². The van der Waals surface area contributed by atoms with Crippen molar-refractivity contribution in [2.75, 3.05) is 11.9 Å². The molecule has 0 atom stereocenters. The number of nitrogens with zero attached hydrogens (tertiary/aromatic N) is 6. The molecule has 130 valence electrons. The number of nitrogens with one attached hydrogen (secondary N) is 2. The Labute approximate surface area is 142 Å². The molecule has 10 heteroatoms. The van der Waals surface area contributed by atoms with Gasteiger partial charge < -0.3 is 10.6 Å². The van der Waals surface area contributed by atoms with Crippen molar-refractivity contribution in [1.82, 2.24) is 35.3 Å². The molecule has 3 aromatic rings. The van der Waals surface area contributed by atoms with Crippen LogP contribution in [0.3, 0.4) is 0 Å². The van der Waals surface area contributed by atoms with Gasteiger partial charge in [0, 0.05) is 37.6 Å². The van der Waals surface area contributed by atoms with Crippen LogP contribution in [0.25, 0.3) is 5.69 Å². The fourth-order valence-corrected chi connectivity index (χ4v) is 2.33. The van der Waals surface area contributed by atoms with Crippen molar-refractivity contribution in [2.24, 2.45) is 7.05 Å². The molecule has 2 N–H and O–H groups in total. The number of hydrogen-bond donors (Lipinski definition) is 2. The highest BCUT2D eigenvalue weighted by Gasteiger charge is 2.11. The first-order valence-corrected chi connectivity index (χ1v) is 7.61. The lowest BCUT2D eigenvalue weighted by Crippen LogP contribution is -2.30. The number of halogens is 1. The van der Waals surface area contributed by atoms with E-state index in [4.69, 9.17) is 0 Å². The number of urea groups is 1. The van der Waals surface area contributed by atoms with Gasteiger partial charge >= 0.3 is 6.03 Å². The molecule has 0 radical (unpaired) electrons. The Morgan fingerprint density at radius 2 is 2.16 bits per heavy atom. The molecule has 0 spiro atoms. The zero-order valence-electron chi connectivity index (χ0n) is 13.8. The van der Waals surface area contributed by atoms with Crippen molar-refractivity contribution in [1.29, 1.82) is 0 Å². The van der Waals surface area contributed by atoms with Crippen molar-refractivity contribution in [3.8, 4) is 5.69 Å². The molecule has 9 nitrogen and oxygen atoms in total. The summed E-state index contributed by atoms with van der Waals surface area (Å²) in [5.41, 5.74) is 1.61. The highest BCUT2D eigenvalue weighted by atomic mass is 19.1. The van der Waals surface area contributed by atoms with Crippen LogP contribution < -0.4 is 10.6 Å². The standard InChI is InChI=1S/C15H17FN8O/c1-10-20-21-22-24(10)14-9-11(3-4-13(14)16)19-15(25)17-7-5-12-6-8-18-23(12)2/h3-4,6,8-9H,5,7H2,1-2H3,(H2,17,19,25). The molecular weight excluding hydrogens is 327 g/mol. The van der Waals surface area contributed by atoms with Crippen LogP contribution in [0, 0.1) is 12.7 Å². The summed E-state index contributed by atoms with van der Waals surface area (Å²) in [6.45, 7) is 2.11. The lowest BCUT2D eigenvalue weighted by atomic mass is 10.2. The Hall–Kier alpha value is -3.30. The van der Waals surface area contributed by atoms with Gasteiger partial charge in [0.15, 0.2) is 5.82 Å². The van der Waals surface area contributed by atoms with Gasteiger partial charge in [0.25, 0.3) is 0 Å². The van der Waals surface area contributed by atoms with Gasteiger partial charge in [0.1, 0.15) is 11.5 Å². The molecule has 25 heavy (non-hydrogen) atoms. The van der Waals surface area contributed by atoms with Crippen LogP contribution in [0.15, 0.2) is 30.5 Å². The van der Waals surface area contributed by atoms with Crippen LogP contribution in [0.5, 0.6) is 0 Å².